The molecule has 5 heteroatoms. The van der Waals surface area contributed by atoms with Gasteiger partial charge in [0, 0.05) is 30.1 Å². The van der Waals surface area contributed by atoms with Crippen LogP contribution in [0.25, 0.3) is 0 Å². The van der Waals surface area contributed by atoms with Gasteiger partial charge in [0.15, 0.2) is 5.78 Å². The summed E-state index contributed by atoms with van der Waals surface area (Å²) in [5.41, 5.74) is 4.44. The van der Waals surface area contributed by atoms with Crippen molar-refractivity contribution in [3.05, 3.63) is 107 Å². The summed E-state index contributed by atoms with van der Waals surface area (Å²) in [5.74, 6) is 2.16. The number of rotatable bonds is 6. The normalized spacial score (nSPS) is 13.0. The van der Waals surface area contributed by atoms with Gasteiger partial charge in [-0.1, -0.05) is 54.1 Å². The summed E-state index contributed by atoms with van der Waals surface area (Å²) in [6.45, 7) is 0.680. The highest BCUT2D eigenvalue weighted by Gasteiger charge is 2.15. The summed E-state index contributed by atoms with van der Waals surface area (Å²) < 4.78 is 0. The predicted molar refractivity (Wildman–Crippen MR) is 117 cm³/mol. The first-order valence-electron chi connectivity index (χ1n) is 9.00. The van der Waals surface area contributed by atoms with E-state index < -0.39 is 0 Å². The van der Waals surface area contributed by atoms with E-state index in [0.29, 0.717) is 17.7 Å². The Morgan fingerprint density at radius 1 is 1.07 bits per heavy atom. The molecular formula is C23H20N3OS-. The second kappa shape index (κ2) is 8.23. The fourth-order valence-corrected chi connectivity index (χ4v) is 3.89. The number of aromatic nitrogens is 1. The molecule has 1 aliphatic rings. The molecule has 1 aliphatic heterocycles. The van der Waals surface area contributed by atoms with Crippen LogP contribution in [0.1, 0.15) is 21.5 Å². The third-order valence-electron chi connectivity index (χ3n) is 4.49. The molecule has 0 spiro atoms. The number of aliphatic imine (C=N–C) groups is 1. The molecule has 0 saturated carbocycles. The quantitative estimate of drug-likeness (QED) is 0.281. The molecule has 2 aromatic carbocycles. The maximum Gasteiger partial charge on any atom is 0.193 e. The molecule has 0 fully saturated rings. The summed E-state index contributed by atoms with van der Waals surface area (Å²) in [6.07, 6.45) is 3.60. The van der Waals surface area contributed by atoms with Crippen LogP contribution in [0.5, 0.6) is 0 Å². The largest absolute Gasteiger partial charge is 0.380 e. The fourth-order valence-electron chi connectivity index (χ4n) is 3.01. The van der Waals surface area contributed by atoms with Crippen molar-refractivity contribution in [1.29, 1.82) is 0 Å². The first-order valence-corrected chi connectivity index (χ1v) is 9.97. The van der Waals surface area contributed by atoms with Gasteiger partial charge >= 0.3 is 0 Å². The zero-order chi connectivity index (χ0) is 19.3. The number of anilines is 1. The lowest BCUT2D eigenvalue weighted by Gasteiger charge is -2.23. The van der Waals surface area contributed by atoms with Gasteiger partial charge in [-0.3, -0.25) is 4.79 Å². The molecule has 4 nitrogen and oxygen atoms in total. The monoisotopic (exact) mass is 386 g/mol. The van der Waals surface area contributed by atoms with E-state index in [1.54, 1.807) is 6.20 Å². The fraction of sp³-hybridized carbons (Fsp3) is 0.0870. The highest BCUT2D eigenvalue weighted by molar-refractivity contribution is 7.85. The van der Waals surface area contributed by atoms with Crippen LogP contribution in [0, 0.1) is 11.1 Å². The molecule has 1 aromatic heterocycles. The number of nitrogens with zero attached hydrogens (tertiary/aromatic N) is 3. The smallest absolute Gasteiger partial charge is 0.193 e. The molecule has 0 aliphatic carbocycles. The predicted octanol–water partition coefficient (Wildman–Crippen LogP) is 3.72. The van der Waals surface area contributed by atoms with Gasteiger partial charge in [0.2, 0.25) is 0 Å². The molecule has 0 unspecified atom stereocenters. The van der Waals surface area contributed by atoms with Crippen molar-refractivity contribution >= 4 is 28.9 Å². The van der Waals surface area contributed by atoms with Crippen LogP contribution in [-0.4, -0.2) is 30.1 Å². The van der Waals surface area contributed by atoms with Crippen LogP contribution >= 0.6 is 0 Å². The van der Waals surface area contributed by atoms with Crippen molar-refractivity contribution in [3.63, 3.8) is 0 Å². The van der Waals surface area contributed by atoms with Crippen molar-refractivity contribution in [3.8, 4) is 0 Å². The Morgan fingerprint density at radius 2 is 1.89 bits per heavy atom. The van der Waals surface area contributed by atoms with Crippen LogP contribution in [-0.2, 0) is 11.8 Å². The number of hydrogen-bond donors (Lipinski definition) is 0. The average Bonchev–Trinajstić information content (AvgIpc) is 3.23. The summed E-state index contributed by atoms with van der Waals surface area (Å²) >= 11 is 1.08. The lowest BCUT2D eigenvalue weighted by molar-refractivity contribution is 0.103. The van der Waals surface area contributed by atoms with Crippen LogP contribution in [0.2, 0.25) is 0 Å². The Hall–Kier alpha value is -3.18. The number of carbonyl (C=O) groups excluding carboxylic acids is 1. The van der Waals surface area contributed by atoms with Gasteiger partial charge in [-0.15, -0.1) is 11.8 Å². The van der Waals surface area contributed by atoms with Gasteiger partial charge < -0.3 is 14.9 Å². The maximum absolute atomic E-state index is 12.7. The number of ketones is 1. The zero-order valence-corrected chi connectivity index (χ0v) is 16.4. The van der Waals surface area contributed by atoms with Crippen molar-refractivity contribution in [2.24, 2.45) is 4.99 Å². The molecule has 0 bridgehead atoms. The standard InChI is InChI=1S/C23H20N3OS/c1-26(15-20-16-28-23(25-20)19-10-6-12-24-14-19)21-11-5-9-18(13-21)22(27)17-7-3-2-4-8-17/h2-14,16,28H,15H2,1H3/q-1. The molecule has 2 heterocycles. The summed E-state index contributed by atoms with van der Waals surface area (Å²) in [5, 5.41) is 1.02. The molecule has 0 saturated heterocycles. The van der Waals surface area contributed by atoms with Gasteiger partial charge in [-0.25, -0.2) is 0 Å². The van der Waals surface area contributed by atoms with Gasteiger partial charge in [-0.2, -0.15) is 17.5 Å². The highest BCUT2D eigenvalue weighted by Crippen LogP contribution is 2.25. The van der Waals surface area contributed by atoms with Crippen LogP contribution in [0.4, 0.5) is 5.69 Å². The molecule has 0 atom stereocenters. The van der Waals surface area contributed by atoms with Gasteiger partial charge in [-0.05, 0) is 24.9 Å². The molecule has 0 N–H and O–H groups in total. The molecule has 0 amide bonds. The van der Waals surface area contributed by atoms with Crippen LogP contribution < -0.4 is 4.90 Å². The lowest BCUT2D eigenvalue weighted by Crippen LogP contribution is -2.25. The van der Waals surface area contributed by atoms with Crippen molar-refractivity contribution in [2.75, 3.05) is 18.5 Å². The van der Waals surface area contributed by atoms with E-state index in [-0.39, 0.29) is 5.78 Å². The maximum atomic E-state index is 12.7. The first-order chi connectivity index (χ1) is 13.7. The van der Waals surface area contributed by atoms with E-state index in [1.165, 1.54) is 0 Å². The molecule has 3 aromatic rings. The highest BCUT2D eigenvalue weighted by atomic mass is 32.2. The number of thiol groups is 1. The van der Waals surface area contributed by atoms with E-state index in [4.69, 9.17) is 4.99 Å². The van der Waals surface area contributed by atoms with Gasteiger partial charge in [0.05, 0.1) is 0 Å². The Bertz CT molecular complexity index is 989. The summed E-state index contributed by atoms with van der Waals surface area (Å²) in [4.78, 5) is 23.7. The lowest BCUT2D eigenvalue weighted by atomic mass is 10.0. The summed E-state index contributed by atoms with van der Waals surface area (Å²) in [7, 11) is 2.02. The third kappa shape index (κ3) is 4.05. The molecule has 140 valence electrons. The molecule has 28 heavy (non-hydrogen) atoms. The van der Waals surface area contributed by atoms with Crippen LogP contribution in [0.3, 0.4) is 0 Å². The Labute approximate surface area is 169 Å². The minimum atomic E-state index is 0.0336. The second-order valence-corrected chi connectivity index (χ2v) is 7.47. The molecular weight excluding hydrogens is 366 g/mol. The van der Waals surface area contributed by atoms with E-state index >= 15 is 0 Å². The second-order valence-electron chi connectivity index (χ2n) is 6.53. The Morgan fingerprint density at radius 3 is 2.68 bits per heavy atom. The van der Waals surface area contributed by atoms with Crippen molar-refractivity contribution < 1.29 is 4.79 Å². The van der Waals surface area contributed by atoms with E-state index in [9.17, 15) is 4.79 Å². The van der Waals surface area contributed by atoms with E-state index in [0.717, 1.165) is 34.1 Å². The molecule has 4 rings (SSSR count). The minimum absolute atomic E-state index is 0.0336. The SMILES string of the molecule is CN(CC1=N[C-](c2cccnc2)[SH+][CH-]1)c1cccc(C(=O)c2ccccc2)c1. The van der Waals surface area contributed by atoms with Crippen LogP contribution in [0.15, 0.2) is 84.1 Å². The zero-order valence-electron chi connectivity index (χ0n) is 15.5. The molecule has 0 radical (unpaired) electrons. The van der Waals surface area contributed by atoms with Crippen molar-refractivity contribution in [2.45, 2.75) is 0 Å². The third-order valence-corrected chi connectivity index (χ3v) is 5.52. The number of hydrogen-bond acceptors (Lipinski definition) is 4. The Balaban J connectivity index is 1.47. The minimum Gasteiger partial charge on any atom is -0.380 e. The van der Waals surface area contributed by atoms with Crippen molar-refractivity contribution in [1.82, 2.24) is 4.98 Å². The van der Waals surface area contributed by atoms with E-state index in [1.807, 2.05) is 80.0 Å². The van der Waals surface area contributed by atoms with Gasteiger partial charge in [0.1, 0.15) is 5.37 Å². The summed E-state index contributed by atoms with van der Waals surface area (Å²) in [6, 6.07) is 21.0. The van der Waals surface area contributed by atoms with Gasteiger partial charge in [0.25, 0.3) is 0 Å². The average molecular weight is 387 g/mol. The number of benzene rings is 2. The number of pyridine rings is 1. The Kier molecular flexibility index (Phi) is 5.35. The topological polar surface area (TPSA) is 45.6 Å². The first kappa shape index (κ1) is 18.2. The number of carbonyl (C=O) groups is 1. The van der Waals surface area contributed by atoms with E-state index in [2.05, 4.69) is 15.6 Å².